The summed E-state index contributed by atoms with van der Waals surface area (Å²) in [6, 6.07) is 5.62. The van der Waals surface area contributed by atoms with Gasteiger partial charge in [-0.15, -0.1) is 0 Å². The predicted molar refractivity (Wildman–Crippen MR) is 60.6 cm³/mol. The van der Waals surface area contributed by atoms with E-state index in [0.717, 1.165) is 16.1 Å². The van der Waals surface area contributed by atoms with Crippen molar-refractivity contribution in [2.24, 2.45) is 10.8 Å². The second-order valence-electron chi connectivity index (χ2n) is 2.93. The molecule has 0 aliphatic carbocycles. The zero-order chi connectivity index (χ0) is 10.6. The van der Waals surface area contributed by atoms with Crippen LogP contribution in [-0.4, -0.2) is 12.4 Å². The van der Waals surface area contributed by atoms with Gasteiger partial charge in [0.1, 0.15) is 5.84 Å². The van der Waals surface area contributed by atoms with Gasteiger partial charge in [-0.25, -0.2) is 5.84 Å². The fourth-order valence-electron chi connectivity index (χ4n) is 1.26. The van der Waals surface area contributed by atoms with Crippen LogP contribution in [0.2, 0.25) is 5.02 Å². The van der Waals surface area contributed by atoms with Gasteiger partial charge in [0.2, 0.25) is 0 Å². The molecule has 0 saturated heterocycles. The number of rotatable bonds is 2. The molecule has 3 nitrogen and oxygen atoms in total. The number of nitrogens with one attached hydrogen (secondary N) is 1. The van der Waals surface area contributed by atoms with Crippen LogP contribution in [0.25, 0.3) is 0 Å². The van der Waals surface area contributed by atoms with Gasteiger partial charge < -0.3 is 5.43 Å². The van der Waals surface area contributed by atoms with Gasteiger partial charge in [0.25, 0.3) is 0 Å². The van der Waals surface area contributed by atoms with E-state index >= 15 is 0 Å². The van der Waals surface area contributed by atoms with Crippen molar-refractivity contribution >= 4 is 17.4 Å². The summed E-state index contributed by atoms with van der Waals surface area (Å²) in [6.45, 7) is 4.63. The van der Waals surface area contributed by atoms with Crippen LogP contribution >= 0.6 is 11.6 Å². The van der Waals surface area contributed by atoms with E-state index in [2.05, 4.69) is 10.4 Å². The molecule has 0 heterocycles. The molecule has 0 saturated carbocycles. The number of nitrogens with two attached hydrogens (primary N) is 1. The number of nitrogens with zero attached hydrogens (tertiary/aromatic N) is 1. The summed E-state index contributed by atoms with van der Waals surface area (Å²) in [5.41, 5.74) is 4.63. The first kappa shape index (κ1) is 11.0. The SMILES string of the molecule is CCN=C(NN)c1ccc(Cl)cc1C. The summed E-state index contributed by atoms with van der Waals surface area (Å²) in [5.74, 6) is 6.08. The largest absolute Gasteiger partial charge is 0.308 e. The molecule has 76 valence electrons. The Morgan fingerprint density at radius 2 is 2.29 bits per heavy atom. The third-order valence-electron chi connectivity index (χ3n) is 1.90. The molecule has 0 fully saturated rings. The van der Waals surface area contributed by atoms with Gasteiger partial charge in [0.05, 0.1) is 0 Å². The first-order chi connectivity index (χ1) is 6.69. The molecule has 0 bridgehead atoms. The molecule has 1 aromatic rings. The smallest absolute Gasteiger partial charge is 0.142 e. The number of aryl methyl sites for hydroxylation is 1. The molecule has 1 aromatic carbocycles. The number of hydrazine groups is 1. The minimum Gasteiger partial charge on any atom is -0.308 e. The van der Waals surface area contributed by atoms with Crippen LogP contribution in [0.1, 0.15) is 18.1 Å². The summed E-state index contributed by atoms with van der Waals surface area (Å²) >= 11 is 5.85. The second kappa shape index (κ2) is 4.98. The van der Waals surface area contributed by atoms with Gasteiger partial charge in [-0.3, -0.25) is 4.99 Å². The summed E-state index contributed by atoms with van der Waals surface area (Å²) in [5, 5.41) is 0.721. The van der Waals surface area contributed by atoms with Crippen molar-refractivity contribution in [1.82, 2.24) is 5.43 Å². The zero-order valence-electron chi connectivity index (χ0n) is 8.34. The predicted octanol–water partition coefficient (Wildman–Crippen LogP) is 1.88. The Balaban J connectivity index is 3.11. The van der Waals surface area contributed by atoms with Crippen molar-refractivity contribution in [1.29, 1.82) is 0 Å². The van der Waals surface area contributed by atoms with E-state index in [1.165, 1.54) is 0 Å². The normalized spacial score (nSPS) is 11.6. The number of halogens is 1. The lowest BCUT2D eigenvalue weighted by Crippen LogP contribution is -2.31. The van der Waals surface area contributed by atoms with Crippen molar-refractivity contribution in [3.05, 3.63) is 34.3 Å². The molecule has 0 radical (unpaired) electrons. The van der Waals surface area contributed by atoms with E-state index < -0.39 is 0 Å². The first-order valence-corrected chi connectivity index (χ1v) is 4.84. The molecule has 0 unspecified atom stereocenters. The number of hydrogen-bond donors (Lipinski definition) is 2. The van der Waals surface area contributed by atoms with Crippen LogP contribution in [-0.2, 0) is 0 Å². The van der Waals surface area contributed by atoms with Gasteiger partial charge in [-0.2, -0.15) is 0 Å². The lowest BCUT2D eigenvalue weighted by atomic mass is 10.1. The number of amidine groups is 1. The third kappa shape index (κ3) is 2.47. The topological polar surface area (TPSA) is 50.4 Å². The second-order valence-corrected chi connectivity index (χ2v) is 3.36. The Hall–Kier alpha value is -1.06. The number of hydrogen-bond acceptors (Lipinski definition) is 2. The molecular formula is C10H14ClN3. The van der Waals surface area contributed by atoms with E-state index in [0.29, 0.717) is 12.4 Å². The standard InChI is InChI=1S/C10H14ClN3/c1-3-13-10(14-12)9-5-4-8(11)6-7(9)2/h4-6H,3,12H2,1-2H3,(H,13,14). The Kier molecular flexibility index (Phi) is 3.92. The molecule has 4 heteroatoms. The molecule has 3 N–H and O–H groups in total. The maximum atomic E-state index is 5.85. The van der Waals surface area contributed by atoms with Crippen molar-refractivity contribution < 1.29 is 0 Å². The maximum Gasteiger partial charge on any atom is 0.142 e. The summed E-state index contributed by atoms with van der Waals surface area (Å²) in [7, 11) is 0. The van der Waals surface area contributed by atoms with Crippen LogP contribution in [0.3, 0.4) is 0 Å². The van der Waals surface area contributed by atoms with E-state index in [1.54, 1.807) is 0 Å². The molecule has 0 amide bonds. The average molecular weight is 212 g/mol. The highest BCUT2D eigenvalue weighted by Gasteiger charge is 2.04. The quantitative estimate of drug-likeness (QED) is 0.340. The van der Waals surface area contributed by atoms with Crippen molar-refractivity contribution in [2.45, 2.75) is 13.8 Å². The van der Waals surface area contributed by atoms with Crippen LogP contribution in [0, 0.1) is 6.92 Å². The van der Waals surface area contributed by atoms with Crippen molar-refractivity contribution in [3.63, 3.8) is 0 Å². The molecular weight excluding hydrogens is 198 g/mol. The van der Waals surface area contributed by atoms with Gasteiger partial charge in [0, 0.05) is 17.1 Å². The summed E-state index contributed by atoms with van der Waals surface area (Å²) in [4.78, 5) is 4.24. The summed E-state index contributed by atoms with van der Waals surface area (Å²) < 4.78 is 0. The van der Waals surface area contributed by atoms with E-state index in [4.69, 9.17) is 17.4 Å². The molecule has 0 atom stereocenters. The summed E-state index contributed by atoms with van der Waals surface area (Å²) in [6.07, 6.45) is 0. The average Bonchev–Trinajstić information content (AvgIpc) is 2.15. The molecule has 0 aliphatic rings. The Morgan fingerprint density at radius 3 is 2.79 bits per heavy atom. The lowest BCUT2D eigenvalue weighted by Gasteiger charge is -2.08. The van der Waals surface area contributed by atoms with E-state index in [-0.39, 0.29) is 0 Å². The fourth-order valence-corrected chi connectivity index (χ4v) is 1.49. The van der Waals surface area contributed by atoms with Crippen molar-refractivity contribution in [2.75, 3.05) is 6.54 Å². The highest BCUT2D eigenvalue weighted by molar-refractivity contribution is 6.30. The Morgan fingerprint density at radius 1 is 1.57 bits per heavy atom. The number of benzene rings is 1. The lowest BCUT2D eigenvalue weighted by molar-refractivity contribution is 0.989. The molecule has 0 spiro atoms. The third-order valence-corrected chi connectivity index (χ3v) is 2.13. The molecule has 0 aliphatic heterocycles. The highest BCUT2D eigenvalue weighted by Crippen LogP contribution is 2.15. The molecule has 0 aromatic heterocycles. The van der Waals surface area contributed by atoms with Crippen LogP contribution in [0.4, 0.5) is 0 Å². The Bertz CT molecular complexity index is 347. The Labute approximate surface area is 88.9 Å². The first-order valence-electron chi connectivity index (χ1n) is 4.46. The molecule has 14 heavy (non-hydrogen) atoms. The van der Waals surface area contributed by atoms with Crippen LogP contribution in [0.5, 0.6) is 0 Å². The molecule has 1 rings (SSSR count). The van der Waals surface area contributed by atoms with Gasteiger partial charge in [0.15, 0.2) is 0 Å². The zero-order valence-corrected chi connectivity index (χ0v) is 9.10. The van der Waals surface area contributed by atoms with Gasteiger partial charge in [-0.1, -0.05) is 11.6 Å². The van der Waals surface area contributed by atoms with Crippen molar-refractivity contribution in [3.8, 4) is 0 Å². The van der Waals surface area contributed by atoms with Gasteiger partial charge >= 0.3 is 0 Å². The monoisotopic (exact) mass is 211 g/mol. The maximum absolute atomic E-state index is 5.85. The minimum absolute atomic E-state index is 0.696. The fraction of sp³-hybridized carbons (Fsp3) is 0.300. The highest BCUT2D eigenvalue weighted by atomic mass is 35.5. The van der Waals surface area contributed by atoms with E-state index in [9.17, 15) is 0 Å². The van der Waals surface area contributed by atoms with Crippen LogP contribution < -0.4 is 11.3 Å². The minimum atomic E-state index is 0.696. The van der Waals surface area contributed by atoms with Crippen LogP contribution in [0.15, 0.2) is 23.2 Å². The number of aliphatic imine (C=N–C) groups is 1. The van der Waals surface area contributed by atoms with Gasteiger partial charge in [-0.05, 0) is 37.6 Å². The van der Waals surface area contributed by atoms with E-state index in [1.807, 2.05) is 32.0 Å².